The van der Waals surface area contributed by atoms with E-state index < -0.39 is 10.0 Å². The van der Waals surface area contributed by atoms with Crippen molar-refractivity contribution >= 4 is 33.0 Å². The highest BCUT2D eigenvalue weighted by atomic mass is 32.2. The topological polar surface area (TPSA) is 97.0 Å². The molecular formula is C26H27N3O5S. The number of fused-ring (bicyclic) bond motifs is 1. The molecule has 0 saturated carbocycles. The summed E-state index contributed by atoms with van der Waals surface area (Å²) in [4.78, 5) is 15.3. The highest BCUT2D eigenvalue weighted by Crippen LogP contribution is 2.33. The molecule has 182 valence electrons. The van der Waals surface area contributed by atoms with Crippen LogP contribution in [0.25, 0.3) is 0 Å². The fraction of sp³-hybridized carbons (Fsp3) is 0.269. The molecule has 0 aromatic heterocycles. The number of hydrogen-bond donors (Lipinski definition) is 2. The summed E-state index contributed by atoms with van der Waals surface area (Å²) in [6.45, 7) is 2.76. The molecule has 2 heterocycles. The minimum absolute atomic E-state index is 0.0675. The van der Waals surface area contributed by atoms with Gasteiger partial charge in [0.2, 0.25) is 0 Å². The minimum atomic E-state index is -3.84. The summed E-state index contributed by atoms with van der Waals surface area (Å²) in [5, 5.41) is 3.00. The monoisotopic (exact) mass is 493 g/mol. The Labute approximate surface area is 204 Å². The largest absolute Gasteiger partial charge is 0.486 e. The fourth-order valence-corrected chi connectivity index (χ4v) is 5.35. The lowest BCUT2D eigenvalue weighted by Crippen LogP contribution is -2.30. The third-order valence-corrected chi connectivity index (χ3v) is 7.45. The Hall–Kier alpha value is -3.72. The first-order valence-electron chi connectivity index (χ1n) is 11.7. The maximum atomic E-state index is 12.9. The molecule has 1 fully saturated rings. The summed E-state index contributed by atoms with van der Waals surface area (Å²) in [6, 6.07) is 18.6. The Balaban J connectivity index is 1.27. The number of anilines is 3. The lowest BCUT2D eigenvalue weighted by Gasteiger charge is -2.30. The van der Waals surface area contributed by atoms with Crippen molar-refractivity contribution in [3.8, 4) is 11.5 Å². The summed E-state index contributed by atoms with van der Waals surface area (Å²) in [6.07, 6.45) is 3.52. The number of carbonyl (C=O) groups excluding carboxylic acids is 1. The van der Waals surface area contributed by atoms with Crippen LogP contribution in [0.2, 0.25) is 0 Å². The molecule has 3 aromatic rings. The van der Waals surface area contributed by atoms with E-state index >= 15 is 0 Å². The van der Waals surface area contributed by atoms with Gasteiger partial charge in [0.25, 0.3) is 15.9 Å². The molecule has 2 N–H and O–H groups in total. The Morgan fingerprint density at radius 3 is 2.31 bits per heavy atom. The van der Waals surface area contributed by atoms with Gasteiger partial charge in [-0.3, -0.25) is 9.52 Å². The molecule has 8 nitrogen and oxygen atoms in total. The Morgan fingerprint density at radius 2 is 1.54 bits per heavy atom. The van der Waals surface area contributed by atoms with Crippen molar-refractivity contribution in [3.63, 3.8) is 0 Å². The highest BCUT2D eigenvalue weighted by molar-refractivity contribution is 7.92. The van der Waals surface area contributed by atoms with E-state index in [1.165, 1.54) is 18.6 Å². The fourth-order valence-electron chi connectivity index (χ4n) is 4.28. The van der Waals surface area contributed by atoms with Crippen LogP contribution in [0.1, 0.15) is 29.6 Å². The molecule has 0 bridgehead atoms. The van der Waals surface area contributed by atoms with Crippen LogP contribution < -0.4 is 24.4 Å². The molecule has 1 amide bonds. The molecule has 2 aliphatic heterocycles. The van der Waals surface area contributed by atoms with E-state index in [4.69, 9.17) is 9.47 Å². The van der Waals surface area contributed by atoms with Crippen molar-refractivity contribution in [1.29, 1.82) is 0 Å². The molecule has 9 heteroatoms. The van der Waals surface area contributed by atoms with Gasteiger partial charge in [-0.15, -0.1) is 0 Å². The maximum absolute atomic E-state index is 12.9. The number of amides is 1. The summed E-state index contributed by atoms with van der Waals surface area (Å²) < 4.78 is 39.2. The number of ether oxygens (including phenoxy) is 2. The van der Waals surface area contributed by atoms with Crippen LogP contribution in [0.5, 0.6) is 11.5 Å². The number of benzene rings is 3. The molecule has 0 spiro atoms. The van der Waals surface area contributed by atoms with Crippen LogP contribution >= 0.6 is 0 Å². The predicted molar refractivity (Wildman–Crippen MR) is 135 cm³/mol. The van der Waals surface area contributed by atoms with Crippen molar-refractivity contribution in [1.82, 2.24) is 0 Å². The highest BCUT2D eigenvalue weighted by Gasteiger charge is 2.20. The first kappa shape index (κ1) is 23.0. The minimum Gasteiger partial charge on any atom is -0.486 e. The van der Waals surface area contributed by atoms with Crippen molar-refractivity contribution < 1.29 is 22.7 Å². The lowest BCUT2D eigenvalue weighted by molar-refractivity contribution is 0.102. The summed E-state index contributed by atoms with van der Waals surface area (Å²) >= 11 is 0. The number of rotatable bonds is 6. The van der Waals surface area contributed by atoms with Crippen molar-refractivity contribution in [2.24, 2.45) is 0 Å². The zero-order valence-electron chi connectivity index (χ0n) is 19.2. The van der Waals surface area contributed by atoms with Gasteiger partial charge in [-0.25, -0.2) is 8.42 Å². The average molecular weight is 494 g/mol. The molecule has 5 rings (SSSR count). The van der Waals surface area contributed by atoms with Crippen LogP contribution in [0.3, 0.4) is 0 Å². The third kappa shape index (κ3) is 5.19. The first-order chi connectivity index (χ1) is 17.0. The van der Waals surface area contributed by atoms with Crippen LogP contribution in [-0.4, -0.2) is 40.6 Å². The quantitative estimate of drug-likeness (QED) is 0.525. The van der Waals surface area contributed by atoms with E-state index in [1.54, 1.807) is 30.3 Å². The van der Waals surface area contributed by atoms with Crippen LogP contribution in [0.4, 0.5) is 17.1 Å². The van der Waals surface area contributed by atoms with E-state index in [0.717, 1.165) is 37.3 Å². The molecule has 1 saturated heterocycles. The number of sulfonamides is 1. The number of nitrogens with zero attached hydrogens (tertiary/aromatic N) is 1. The standard InChI is InChI=1S/C26H27N3O5S/c30-26(27-22-6-2-3-7-23(22)29-14-4-1-5-15-29)19-8-10-20(11-9-19)28-35(31,32)21-12-13-24-25(18-21)34-17-16-33-24/h2-3,6-13,18,28H,1,4-5,14-17H2,(H,27,30). The van der Waals surface area contributed by atoms with Crippen LogP contribution in [0, 0.1) is 0 Å². The van der Waals surface area contributed by atoms with Crippen LogP contribution in [-0.2, 0) is 10.0 Å². The molecule has 0 aliphatic carbocycles. The van der Waals surface area contributed by atoms with Gasteiger partial charge in [0.05, 0.1) is 16.3 Å². The zero-order valence-corrected chi connectivity index (χ0v) is 20.0. The van der Waals surface area contributed by atoms with E-state index in [1.807, 2.05) is 24.3 Å². The number of nitrogens with one attached hydrogen (secondary N) is 2. The zero-order chi connectivity index (χ0) is 24.3. The second kappa shape index (κ2) is 9.87. The molecule has 0 unspecified atom stereocenters. The van der Waals surface area contributed by atoms with Gasteiger partial charge in [-0.05, 0) is 67.8 Å². The van der Waals surface area contributed by atoms with Gasteiger partial charge < -0.3 is 19.7 Å². The summed E-state index contributed by atoms with van der Waals surface area (Å²) in [5.41, 5.74) is 2.57. The summed E-state index contributed by atoms with van der Waals surface area (Å²) in [5.74, 6) is 0.666. The van der Waals surface area contributed by atoms with E-state index in [9.17, 15) is 13.2 Å². The Morgan fingerprint density at radius 1 is 0.829 bits per heavy atom. The molecule has 35 heavy (non-hydrogen) atoms. The number of para-hydroxylation sites is 2. The van der Waals surface area contributed by atoms with Gasteiger partial charge in [0.1, 0.15) is 13.2 Å². The predicted octanol–water partition coefficient (Wildman–Crippen LogP) is 4.50. The number of piperidine rings is 1. The molecule has 2 aliphatic rings. The maximum Gasteiger partial charge on any atom is 0.262 e. The van der Waals surface area contributed by atoms with Gasteiger partial charge >= 0.3 is 0 Å². The molecular weight excluding hydrogens is 466 g/mol. The normalized spacial score (nSPS) is 15.4. The van der Waals surface area contributed by atoms with E-state index in [0.29, 0.717) is 36.0 Å². The van der Waals surface area contributed by atoms with Crippen LogP contribution in [0.15, 0.2) is 71.6 Å². The molecule has 0 atom stereocenters. The number of hydrogen-bond acceptors (Lipinski definition) is 6. The van der Waals surface area contributed by atoms with E-state index in [-0.39, 0.29) is 10.8 Å². The smallest absolute Gasteiger partial charge is 0.262 e. The van der Waals surface area contributed by atoms with E-state index in [2.05, 4.69) is 14.9 Å². The third-order valence-electron chi connectivity index (χ3n) is 6.07. The number of carbonyl (C=O) groups is 1. The van der Waals surface area contributed by atoms with Crippen molar-refractivity contribution in [2.75, 3.05) is 41.2 Å². The van der Waals surface area contributed by atoms with Gasteiger partial charge in [0, 0.05) is 30.4 Å². The Bertz CT molecular complexity index is 1320. The second-order valence-electron chi connectivity index (χ2n) is 8.51. The molecule has 0 radical (unpaired) electrons. The van der Waals surface area contributed by atoms with Gasteiger partial charge in [-0.2, -0.15) is 0 Å². The molecule has 3 aromatic carbocycles. The second-order valence-corrected chi connectivity index (χ2v) is 10.2. The Kier molecular flexibility index (Phi) is 6.50. The first-order valence-corrected chi connectivity index (χ1v) is 13.2. The summed E-state index contributed by atoms with van der Waals surface area (Å²) in [7, 11) is -3.84. The SMILES string of the molecule is O=C(Nc1ccccc1N1CCCCC1)c1ccc(NS(=O)(=O)c2ccc3c(c2)OCCO3)cc1. The average Bonchev–Trinajstić information content (AvgIpc) is 2.89. The van der Waals surface area contributed by atoms with Gasteiger partial charge in [0.15, 0.2) is 11.5 Å². The van der Waals surface area contributed by atoms with Crippen molar-refractivity contribution in [3.05, 3.63) is 72.3 Å². The lowest BCUT2D eigenvalue weighted by atomic mass is 10.1. The van der Waals surface area contributed by atoms with Gasteiger partial charge in [-0.1, -0.05) is 12.1 Å². The van der Waals surface area contributed by atoms with Crippen molar-refractivity contribution in [2.45, 2.75) is 24.2 Å².